The molecule has 15 heavy (non-hydrogen) atoms. The first kappa shape index (κ1) is 11.6. The normalized spacial score (nSPS) is 31.3. The predicted molar refractivity (Wildman–Crippen MR) is 45.3 cm³/mol. The molecule has 0 heterocycles. The van der Waals surface area contributed by atoms with E-state index in [1.807, 2.05) is 0 Å². The van der Waals surface area contributed by atoms with E-state index in [-0.39, 0.29) is 0 Å². The maximum absolute atomic E-state index is 13.5. The number of aliphatic carboxylic acids is 1. The molecule has 0 radical (unpaired) electrons. The lowest BCUT2D eigenvalue weighted by Crippen LogP contribution is -2.31. The van der Waals surface area contributed by atoms with E-state index in [0.717, 1.165) is 14.0 Å². The third-order valence-corrected chi connectivity index (χ3v) is 2.04. The molecular formula is C9H9F3O3. The molecule has 2 atom stereocenters. The highest BCUT2D eigenvalue weighted by atomic mass is 19.2. The minimum absolute atomic E-state index is 0.401. The van der Waals surface area contributed by atoms with E-state index in [2.05, 4.69) is 4.74 Å². The number of halogens is 3. The van der Waals surface area contributed by atoms with Crippen LogP contribution in [-0.2, 0) is 9.53 Å². The largest absolute Gasteiger partial charge is 0.495 e. The molecule has 0 aromatic rings. The SMILES string of the molecule is COC1=C(F)C(C)(F)C=C(C(=O)O)C1F. The molecule has 1 rings (SSSR count). The topological polar surface area (TPSA) is 46.5 Å². The molecule has 0 amide bonds. The standard InChI is InChI=1S/C9H9F3O3/c1-9(12)3-4(8(13)14)5(10)6(15-2)7(9)11/h3,5H,1-2H3,(H,13,14). The quantitative estimate of drug-likeness (QED) is 0.776. The Bertz CT molecular complexity index is 356. The zero-order chi connectivity index (χ0) is 11.8. The summed E-state index contributed by atoms with van der Waals surface area (Å²) in [5, 5.41) is 8.56. The molecule has 0 saturated carbocycles. The molecule has 1 N–H and O–H groups in total. The average molecular weight is 222 g/mol. The Morgan fingerprint density at radius 2 is 2.20 bits per heavy atom. The molecule has 0 saturated heterocycles. The van der Waals surface area contributed by atoms with E-state index in [4.69, 9.17) is 5.11 Å². The van der Waals surface area contributed by atoms with Gasteiger partial charge in [-0.15, -0.1) is 0 Å². The van der Waals surface area contributed by atoms with Crippen LogP contribution in [0.25, 0.3) is 0 Å². The zero-order valence-electron chi connectivity index (χ0n) is 8.05. The molecule has 0 spiro atoms. The highest BCUT2D eigenvalue weighted by molar-refractivity contribution is 5.89. The average Bonchev–Trinajstić information content (AvgIpc) is 2.12. The predicted octanol–water partition coefficient (Wildman–Crippen LogP) is 1.90. The van der Waals surface area contributed by atoms with Gasteiger partial charge in [0.1, 0.15) is 0 Å². The molecular weight excluding hydrogens is 213 g/mol. The van der Waals surface area contributed by atoms with E-state index in [0.29, 0.717) is 6.08 Å². The highest BCUT2D eigenvalue weighted by Gasteiger charge is 2.43. The van der Waals surface area contributed by atoms with Gasteiger partial charge in [-0.2, -0.15) is 0 Å². The number of carboxylic acids is 1. The van der Waals surface area contributed by atoms with Crippen LogP contribution in [0.15, 0.2) is 23.2 Å². The first-order chi connectivity index (χ1) is 6.81. The number of carbonyl (C=O) groups is 1. The Morgan fingerprint density at radius 1 is 1.67 bits per heavy atom. The highest BCUT2D eigenvalue weighted by Crippen LogP contribution is 2.37. The second kappa shape index (κ2) is 3.60. The van der Waals surface area contributed by atoms with Gasteiger partial charge in [0.05, 0.1) is 12.7 Å². The summed E-state index contributed by atoms with van der Waals surface area (Å²) in [6.45, 7) is 0.788. The summed E-state index contributed by atoms with van der Waals surface area (Å²) in [7, 11) is 0.947. The fourth-order valence-corrected chi connectivity index (χ4v) is 1.29. The molecule has 0 aromatic carbocycles. The van der Waals surface area contributed by atoms with Gasteiger partial charge in [0.25, 0.3) is 0 Å². The van der Waals surface area contributed by atoms with Crippen LogP contribution < -0.4 is 0 Å². The minimum atomic E-state index is -2.65. The number of carboxylic acid groups (broad SMARTS) is 1. The summed E-state index contributed by atoms with van der Waals surface area (Å²) in [5.41, 5.74) is -3.51. The Hall–Kier alpha value is -1.46. The Labute approximate surface area is 83.8 Å². The van der Waals surface area contributed by atoms with Crippen LogP contribution in [0.1, 0.15) is 6.92 Å². The van der Waals surface area contributed by atoms with Crippen molar-refractivity contribution < 1.29 is 27.8 Å². The third kappa shape index (κ3) is 1.84. The summed E-state index contributed by atoms with van der Waals surface area (Å²) in [6.07, 6.45) is -1.88. The third-order valence-electron chi connectivity index (χ3n) is 2.04. The fraction of sp³-hybridized carbons (Fsp3) is 0.444. The maximum Gasteiger partial charge on any atom is 0.334 e. The van der Waals surface area contributed by atoms with E-state index in [1.165, 1.54) is 0 Å². The number of hydrogen-bond acceptors (Lipinski definition) is 2. The molecule has 2 unspecified atom stereocenters. The van der Waals surface area contributed by atoms with Crippen LogP contribution in [0.4, 0.5) is 13.2 Å². The number of rotatable bonds is 2. The molecule has 0 aromatic heterocycles. The number of alkyl halides is 2. The lowest BCUT2D eigenvalue weighted by molar-refractivity contribution is -0.133. The molecule has 0 bridgehead atoms. The molecule has 84 valence electrons. The van der Waals surface area contributed by atoms with Crippen LogP contribution in [-0.4, -0.2) is 30.0 Å². The van der Waals surface area contributed by atoms with Crippen molar-refractivity contribution in [2.45, 2.75) is 18.8 Å². The lowest BCUT2D eigenvalue weighted by atomic mass is 9.92. The van der Waals surface area contributed by atoms with Gasteiger partial charge in [0.15, 0.2) is 23.4 Å². The van der Waals surface area contributed by atoms with Crippen molar-refractivity contribution in [3.63, 3.8) is 0 Å². The van der Waals surface area contributed by atoms with Crippen molar-refractivity contribution in [1.29, 1.82) is 0 Å². The number of methoxy groups -OCH3 is 1. The molecule has 1 aliphatic carbocycles. The van der Waals surface area contributed by atoms with Gasteiger partial charge < -0.3 is 9.84 Å². The first-order valence-corrected chi connectivity index (χ1v) is 4.04. The number of allylic oxidation sites excluding steroid dienone is 3. The van der Waals surface area contributed by atoms with Gasteiger partial charge in [-0.3, -0.25) is 0 Å². The molecule has 0 aliphatic heterocycles. The summed E-state index contributed by atoms with van der Waals surface area (Å²) in [4.78, 5) is 10.5. The summed E-state index contributed by atoms with van der Waals surface area (Å²) >= 11 is 0. The molecule has 3 nitrogen and oxygen atoms in total. The molecule has 0 fully saturated rings. The van der Waals surface area contributed by atoms with Gasteiger partial charge in [-0.25, -0.2) is 18.0 Å². The lowest BCUT2D eigenvalue weighted by Gasteiger charge is -2.25. The van der Waals surface area contributed by atoms with Crippen molar-refractivity contribution >= 4 is 5.97 Å². The Morgan fingerprint density at radius 3 is 2.60 bits per heavy atom. The van der Waals surface area contributed by atoms with Crippen molar-refractivity contribution in [3.8, 4) is 0 Å². The van der Waals surface area contributed by atoms with E-state index < -0.39 is 35.0 Å². The van der Waals surface area contributed by atoms with Crippen molar-refractivity contribution in [2.24, 2.45) is 0 Å². The number of hydrogen-bond donors (Lipinski definition) is 1. The van der Waals surface area contributed by atoms with Gasteiger partial charge in [-0.05, 0) is 13.0 Å². The molecule has 6 heteroatoms. The zero-order valence-corrected chi connectivity index (χ0v) is 8.05. The van der Waals surface area contributed by atoms with Gasteiger partial charge in [0, 0.05) is 0 Å². The summed E-state index contributed by atoms with van der Waals surface area (Å²) < 4.78 is 44.3. The Kier molecular flexibility index (Phi) is 2.79. The first-order valence-electron chi connectivity index (χ1n) is 4.04. The van der Waals surface area contributed by atoms with Crippen LogP contribution >= 0.6 is 0 Å². The van der Waals surface area contributed by atoms with Gasteiger partial charge in [0.2, 0.25) is 0 Å². The van der Waals surface area contributed by atoms with E-state index in [9.17, 15) is 18.0 Å². The maximum atomic E-state index is 13.5. The van der Waals surface area contributed by atoms with E-state index in [1.54, 1.807) is 0 Å². The van der Waals surface area contributed by atoms with Crippen molar-refractivity contribution in [1.82, 2.24) is 0 Å². The van der Waals surface area contributed by atoms with Crippen LogP contribution in [0.3, 0.4) is 0 Å². The van der Waals surface area contributed by atoms with Crippen LogP contribution in [0, 0.1) is 0 Å². The summed E-state index contributed by atoms with van der Waals surface area (Å²) in [5.74, 6) is -4.02. The fourth-order valence-electron chi connectivity index (χ4n) is 1.29. The molecule has 1 aliphatic rings. The number of ether oxygens (including phenoxy) is 1. The van der Waals surface area contributed by atoms with Crippen LogP contribution in [0.5, 0.6) is 0 Å². The van der Waals surface area contributed by atoms with Crippen molar-refractivity contribution in [2.75, 3.05) is 7.11 Å². The second-order valence-corrected chi connectivity index (χ2v) is 3.23. The van der Waals surface area contributed by atoms with Gasteiger partial charge >= 0.3 is 5.97 Å². The monoisotopic (exact) mass is 222 g/mol. The summed E-state index contributed by atoms with van der Waals surface area (Å²) in [6, 6.07) is 0. The van der Waals surface area contributed by atoms with Crippen molar-refractivity contribution in [3.05, 3.63) is 23.2 Å². The Balaban J connectivity index is 3.26. The minimum Gasteiger partial charge on any atom is -0.495 e. The smallest absolute Gasteiger partial charge is 0.334 e. The van der Waals surface area contributed by atoms with Gasteiger partial charge in [-0.1, -0.05) is 0 Å². The van der Waals surface area contributed by atoms with E-state index >= 15 is 0 Å². The van der Waals surface area contributed by atoms with Crippen LogP contribution in [0.2, 0.25) is 0 Å². The second-order valence-electron chi connectivity index (χ2n) is 3.23.